The third-order valence-electron chi connectivity index (χ3n) is 4.08. The lowest BCUT2D eigenvalue weighted by molar-refractivity contribution is -0.134. The molecule has 0 spiro atoms. The standard InChI is InChI=1S/C15H18FN3O2/c16-11-1-3-12(4-2-11)18-7-9-19(10-8-18)15(21)13-5-6-14(20)17-13/h1-4,13H,5-10H2,(H,17,20). The normalized spacial score (nSPS) is 22.3. The molecule has 0 saturated carbocycles. The molecule has 0 radical (unpaired) electrons. The molecule has 0 aromatic heterocycles. The van der Waals surface area contributed by atoms with E-state index in [0.29, 0.717) is 25.9 Å². The van der Waals surface area contributed by atoms with Crippen molar-refractivity contribution in [1.29, 1.82) is 0 Å². The minimum Gasteiger partial charge on any atom is -0.368 e. The second kappa shape index (κ2) is 5.71. The van der Waals surface area contributed by atoms with Gasteiger partial charge in [-0.15, -0.1) is 0 Å². The van der Waals surface area contributed by atoms with Crippen LogP contribution in [0.15, 0.2) is 24.3 Å². The minimum atomic E-state index is -0.352. The molecular formula is C15H18FN3O2. The van der Waals surface area contributed by atoms with Crippen LogP contribution in [0.1, 0.15) is 12.8 Å². The van der Waals surface area contributed by atoms with Gasteiger partial charge in [-0.3, -0.25) is 9.59 Å². The molecule has 112 valence electrons. The number of hydrogen-bond donors (Lipinski definition) is 1. The average Bonchev–Trinajstić information content (AvgIpc) is 2.94. The molecule has 2 saturated heterocycles. The number of amides is 2. The van der Waals surface area contributed by atoms with Gasteiger partial charge in [-0.25, -0.2) is 4.39 Å². The summed E-state index contributed by atoms with van der Waals surface area (Å²) in [5, 5.41) is 2.71. The first-order valence-electron chi connectivity index (χ1n) is 7.22. The monoisotopic (exact) mass is 291 g/mol. The summed E-state index contributed by atoms with van der Waals surface area (Å²) in [4.78, 5) is 27.4. The first kappa shape index (κ1) is 13.9. The molecule has 0 bridgehead atoms. The molecule has 2 heterocycles. The zero-order valence-electron chi connectivity index (χ0n) is 11.7. The maximum Gasteiger partial charge on any atom is 0.245 e. The zero-order chi connectivity index (χ0) is 14.8. The number of rotatable bonds is 2. The Kier molecular flexibility index (Phi) is 3.77. The van der Waals surface area contributed by atoms with E-state index in [4.69, 9.17) is 0 Å². The maximum atomic E-state index is 12.9. The van der Waals surface area contributed by atoms with E-state index in [0.717, 1.165) is 18.8 Å². The van der Waals surface area contributed by atoms with Gasteiger partial charge in [-0.1, -0.05) is 0 Å². The zero-order valence-corrected chi connectivity index (χ0v) is 11.7. The van der Waals surface area contributed by atoms with E-state index < -0.39 is 0 Å². The third-order valence-corrected chi connectivity index (χ3v) is 4.08. The number of nitrogens with zero attached hydrogens (tertiary/aromatic N) is 2. The fourth-order valence-corrected chi connectivity index (χ4v) is 2.86. The lowest BCUT2D eigenvalue weighted by atomic mass is 10.1. The van der Waals surface area contributed by atoms with Gasteiger partial charge >= 0.3 is 0 Å². The predicted molar refractivity (Wildman–Crippen MR) is 76.4 cm³/mol. The Hall–Kier alpha value is -2.11. The van der Waals surface area contributed by atoms with E-state index in [2.05, 4.69) is 10.2 Å². The van der Waals surface area contributed by atoms with Crippen LogP contribution in [0.4, 0.5) is 10.1 Å². The van der Waals surface area contributed by atoms with Crippen LogP contribution in [0.25, 0.3) is 0 Å². The van der Waals surface area contributed by atoms with Gasteiger partial charge in [0.15, 0.2) is 0 Å². The lowest BCUT2D eigenvalue weighted by Crippen LogP contribution is -2.53. The van der Waals surface area contributed by atoms with Crippen molar-refractivity contribution in [2.75, 3.05) is 31.1 Å². The molecule has 3 rings (SSSR count). The Balaban J connectivity index is 1.56. The maximum absolute atomic E-state index is 12.9. The van der Waals surface area contributed by atoms with Crippen LogP contribution in [0.5, 0.6) is 0 Å². The number of piperazine rings is 1. The van der Waals surface area contributed by atoms with Gasteiger partial charge in [0.25, 0.3) is 0 Å². The number of halogens is 1. The van der Waals surface area contributed by atoms with Gasteiger partial charge in [0, 0.05) is 38.3 Å². The first-order chi connectivity index (χ1) is 10.1. The van der Waals surface area contributed by atoms with Crippen LogP contribution < -0.4 is 10.2 Å². The molecule has 0 aliphatic carbocycles. The Bertz CT molecular complexity index is 538. The van der Waals surface area contributed by atoms with E-state index in [-0.39, 0.29) is 23.7 Å². The Morgan fingerprint density at radius 3 is 2.38 bits per heavy atom. The first-order valence-corrected chi connectivity index (χ1v) is 7.22. The summed E-state index contributed by atoms with van der Waals surface area (Å²) in [7, 11) is 0. The van der Waals surface area contributed by atoms with Crippen LogP contribution in [0.3, 0.4) is 0 Å². The number of nitrogens with one attached hydrogen (secondary N) is 1. The molecule has 21 heavy (non-hydrogen) atoms. The van der Waals surface area contributed by atoms with Gasteiger partial charge in [-0.05, 0) is 30.7 Å². The molecular weight excluding hydrogens is 273 g/mol. The highest BCUT2D eigenvalue weighted by Gasteiger charge is 2.32. The van der Waals surface area contributed by atoms with Gasteiger partial charge in [0.1, 0.15) is 11.9 Å². The van der Waals surface area contributed by atoms with Crippen LogP contribution in [0.2, 0.25) is 0 Å². The molecule has 1 unspecified atom stereocenters. The van der Waals surface area contributed by atoms with Crippen LogP contribution in [-0.4, -0.2) is 48.9 Å². The van der Waals surface area contributed by atoms with Gasteiger partial charge < -0.3 is 15.1 Å². The van der Waals surface area contributed by atoms with Crippen molar-refractivity contribution in [2.45, 2.75) is 18.9 Å². The largest absolute Gasteiger partial charge is 0.368 e. The quantitative estimate of drug-likeness (QED) is 0.875. The highest BCUT2D eigenvalue weighted by atomic mass is 19.1. The second-order valence-corrected chi connectivity index (χ2v) is 5.45. The minimum absolute atomic E-state index is 0.0135. The van der Waals surface area contributed by atoms with Crippen molar-refractivity contribution in [3.8, 4) is 0 Å². The highest BCUT2D eigenvalue weighted by molar-refractivity contribution is 5.90. The van der Waals surface area contributed by atoms with Crippen molar-refractivity contribution >= 4 is 17.5 Å². The number of carbonyl (C=O) groups excluding carboxylic acids is 2. The summed E-state index contributed by atoms with van der Waals surface area (Å²) < 4.78 is 12.9. The van der Waals surface area contributed by atoms with Gasteiger partial charge in [0.2, 0.25) is 11.8 Å². The Morgan fingerprint density at radius 2 is 1.81 bits per heavy atom. The smallest absolute Gasteiger partial charge is 0.245 e. The van der Waals surface area contributed by atoms with E-state index in [9.17, 15) is 14.0 Å². The van der Waals surface area contributed by atoms with Crippen LogP contribution in [0, 0.1) is 5.82 Å². The fraction of sp³-hybridized carbons (Fsp3) is 0.467. The Morgan fingerprint density at radius 1 is 1.14 bits per heavy atom. The van der Waals surface area contributed by atoms with E-state index >= 15 is 0 Å². The van der Waals surface area contributed by atoms with Crippen molar-refractivity contribution in [2.24, 2.45) is 0 Å². The second-order valence-electron chi connectivity index (χ2n) is 5.45. The lowest BCUT2D eigenvalue weighted by Gasteiger charge is -2.37. The molecule has 1 aromatic carbocycles. The topological polar surface area (TPSA) is 52.7 Å². The van der Waals surface area contributed by atoms with Crippen molar-refractivity contribution in [3.05, 3.63) is 30.1 Å². The molecule has 1 aromatic rings. The summed E-state index contributed by atoms with van der Waals surface area (Å²) >= 11 is 0. The summed E-state index contributed by atoms with van der Waals surface area (Å²) in [6, 6.07) is 6.05. The van der Waals surface area contributed by atoms with Crippen molar-refractivity contribution < 1.29 is 14.0 Å². The van der Waals surface area contributed by atoms with Crippen molar-refractivity contribution in [3.63, 3.8) is 0 Å². The molecule has 5 nitrogen and oxygen atoms in total. The van der Waals surface area contributed by atoms with E-state index in [1.165, 1.54) is 12.1 Å². The Labute approximate surface area is 122 Å². The summed E-state index contributed by atoms with van der Waals surface area (Å²) in [6.45, 7) is 2.70. The number of benzene rings is 1. The molecule has 2 aliphatic heterocycles. The molecule has 1 atom stereocenters. The predicted octanol–water partition coefficient (Wildman–Crippen LogP) is 0.753. The highest BCUT2D eigenvalue weighted by Crippen LogP contribution is 2.18. The summed E-state index contributed by atoms with van der Waals surface area (Å²) in [6.07, 6.45) is 1.03. The van der Waals surface area contributed by atoms with E-state index in [1.54, 1.807) is 17.0 Å². The van der Waals surface area contributed by atoms with Crippen LogP contribution in [-0.2, 0) is 9.59 Å². The van der Waals surface area contributed by atoms with Crippen molar-refractivity contribution in [1.82, 2.24) is 10.2 Å². The average molecular weight is 291 g/mol. The molecule has 2 amide bonds. The fourth-order valence-electron chi connectivity index (χ4n) is 2.86. The molecule has 2 fully saturated rings. The molecule has 2 aliphatic rings. The number of hydrogen-bond acceptors (Lipinski definition) is 3. The number of carbonyl (C=O) groups is 2. The summed E-state index contributed by atoms with van der Waals surface area (Å²) in [5.74, 6) is -0.276. The molecule has 1 N–H and O–H groups in total. The van der Waals surface area contributed by atoms with Crippen LogP contribution >= 0.6 is 0 Å². The third kappa shape index (κ3) is 2.99. The number of anilines is 1. The van der Waals surface area contributed by atoms with Gasteiger partial charge in [-0.2, -0.15) is 0 Å². The SMILES string of the molecule is O=C1CCC(C(=O)N2CCN(c3ccc(F)cc3)CC2)N1. The molecule has 6 heteroatoms. The summed E-state index contributed by atoms with van der Waals surface area (Å²) in [5.41, 5.74) is 0.970. The van der Waals surface area contributed by atoms with E-state index in [1.807, 2.05) is 0 Å². The van der Waals surface area contributed by atoms with Gasteiger partial charge in [0.05, 0.1) is 0 Å².